The first-order valence-corrected chi connectivity index (χ1v) is 5.52. The van der Waals surface area contributed by atoms with Crippen LogP contribution in [0.4, 0.5) is 4.39 Å². The van der Waals surface area contributed by atoms with Gasteiger partial charge in [-0.2, -0.15) is 0 Å². The highest BCUT2D eigenvalue weighted by molar-refractivity contribution is 5.78. The van der Waals surface area contributed by atoms with Crippen molar-refractivity contribution in [1.82, 2.24) is 0 Å². The molecule has 2 rings (SSSR count). The van der Waals surface area contributed by atoms with Gasteiger partial charge in [-0.05, 0) is 0 Å². The number of aliphatic hydroxyl groups is 1. The van der Waals surface area contributed by atoms with Crippen LogP contribution < -0.4 is 14.2 Å². The fraction of sp³-hybridized carbons (Fsp3) is 0.417. The molecule has 0 aliphatic carbocycles. The number of rotatable bonds is 3. The van der Waals surface area contributed by atoms with E-state index < -0.39 is 17.9 Å². The van der Waals surface area contributed by atoms with Crippen molar-refractivity contribution < 1.29 is 33.2 Å². The molecule has 1 aromatic carbocycles. The number of methoxy groups -OCH3 is 2. The standard InChI is InChI=1S/C12H13FO6/c1-16-6-5-7-11(19-4-3-18-7)8(9(6)13)10(14)12(15)17-2/h5,10,14H,3-4H2,1-2H3. The molecule has 0 fully saturated rings. The number of benzene rings is 1. The molecule has 7 heteroatoms. The highest BCUT2D eigenvalue weighted by Crippen LogP contribution is 2.43. The first-order valence-electron chi connectivity index (χ1n) is 5.52. The summed E-state index contributed by atoms with van der Waals surface area (Å²) in [6.07, 6.45) is -1.81. The van der Waals surface area contributed by atoms with Crippen LogP contribution in [-0.4, -0.2) is 38.5 Å². The third-order valence-corrected chi connectivity index (χ3v) is 2.69. The summed E-state index contributed by atoms with van der Waals surface area (Å²) < 4.78 is 34.0. The number of hydrogen-bond donors (Lipinski definition) is 1. The topological polar surface area (TPSA) is 74.2 Å². The molecule has 0 aromatic heterocycles. The highest BCUT2D eigenvalue weighted by atomic mass is 19.1. The van der Waals surface area contributed by atoms with Crippen molar-refractivity contribution >= 4 is 5.97 Å². The molecule has 0 spiro atoms. The van der Waals surface area contributed by atoms with E-state index in [0.29, 0.717) is 0 Å². The lowest BCUT2D eigenvalue weighted by molar-refractivity contribution is -0.151. The summed E-state index contributed by atoms with van der Waals surface area (Å²) in [7, 11) is 2.36. The first-order chi connectivity index (χ1) is 9.10. The third kappa shape index (κ3) is 2.28. The maximum Gasteiger partial charge on any atom is 0.339 e. The molecule has 0 amide bonds. The SMILES string of the molecule is COC(=O)C(O)c1c(F)c(OC)cc2c1OCCO2. The zero-order valence-electron chi connectivity index (χ0n) is 10.4. The van der Waals surface area contributed by atoms with Gasteiger partial charge in [-0.1, -0.05) is 0 Å². The van der Waals surface area contributed by atoms with Crippen LogP contribution in [0.15, 0.2) is 6.07 Å². The molecule has 1 unspecified atom stereocenters. The Hall–Kier alpha value is -2.02. The number of fused-ring (bicyclic) bond motifs is 1. The Kier molecular flexibility index (Phi) is 3.75. The molecular weight excluding hydrogens is 259 g/mol. The van der Waals surface area contributed by atoms with Crippen LogP contribution in [0.2, 0.25) is 0 Å². The molecular formula is C12H13FO6. The number of esters is 1. The maximum absolute atomic E-state index is 14.2. The molecule has 19 heavy (non-hydrogen) atoms. The molecule has 6 nitrogen and oxygen atoms in total. The van der Waals surface area contributed by atoms with Gasteiger partial charge in [0.1, 0.15) is 13.2 Å². The van der Waals surface area contributed by atoms with Gasteiger partial charge in [-0.25, -0.2) is 9.18 Å². The zero-order chi connectivity index (χ0) is 14.0. The summed E-state index contributed by atoms with van der Waals surface area (Å²) in [5, 5.41) is 9.84. The minimum atomic E-state index is -1.81. The van der Waals surface area contributed by atoms with E-state index in [1.54, 1.807) is 0 Å². The quantitative estimate of drug-likeness (QED) is 0.821. The fourth-order valence-corrected chi connectivity index (χ4v) is 1.79. The Morgan fingerprint density at radius 1 is 1.42 bits per heavy atom. The Morgan fingerprint density at radius 3 is 2.74 bits per heavy atom. The van der Waals surface area contributed by atoms with Gasteiger partial charge in [0.15, 0.2) is 29.2 Å². The van der Waals surface area contributed by atoms with Crippen molar-refractivity contribution in [3.63, 3.8) is 0 Å². The van der Waals surface area contributed by atoms with E-state index in [0.717, 1.165) is 7.11 Å². The largest absolute Gasteiger partial charge is 0.494 e. The van der Waals surface area contributed by atoms with Gasteiger partial charge < -0.3 is 24.1 Å². The van der Waals surface area contributed by atoms with E-state index in [9.17, 15) is 14.3 Å². The van der Waals surface area contributed by atoms with Gasteiger partial charge >= 0.3 is 5.97 Å². The predicted octanol–water partition coefficient (Wildman–Crippen LogP) is 0.812. The number of carbonyl (C=O) groups excluding carboxylic acids is 1. The lowest BCUT2D eigenvalue weighted by Gasteiger charge is -2.24. The van der Waals surface area contributed by atoms with Crippen molar-refractivity contribution in [2.45, 2.75) is 6.10 Å². The average molecular weight is 272 g/mol. The molecule has 104 valence electrons. The lowest BCUT2D eigenvalue weighted by atomic mass is 10.1. The maximum atomic E-state index is 14.2. The minimum absolute atomic E-state index is 0.0116. The van der Waals surface area contributed by atoms with Crippen LogP contribution in [0.1, 0.15) is 11.7 Å². The van der Waals surface area contributed by atoms with Gasteiger partial charge in [0, 0.05) is 6.07 Å². The monoisotopic (exact) mass is 272 g/mol. The van der Waals surface area contributed by atoms with Gasteiger partial charge in [0.2, 0.25) is 0 Å². The van der Waals surface area contributed by atoms with Gasteiger partial charge in [-0.3, -0.25) is 0 Å². The van der Waals surface area contributed by atoms with Gasteiger partial charge in [0.05, 0.1) is 19.8 Å². The van der Waals surface area contributed by atoms with E-state index in [2.05, 4.69) is 4.74 Å². The molecule has 0 saturated carbocycles. The summed E-state index contributed by atoms with van der Waals surface area (Å²) in [6.45, 7) is 0.481. The average Bonchev–Trinajstić information content (AvgIpc) is 2.45. The van der Waals surface area contributed by atoms with Crippen LogP contribution in [0.5, 0.6) is 17.2 Å². The van der Waals surface area contributed by atoms with E-state index in [1.165, 1.54) is 13.2 Å². The van der Waals surface area contributed by atoms with Crippen LogP contribution >= 0.6 is 0 Å². The lowest BCUT2D eigenvalue weighted by Crippen LogP contribution is -2.21. The van der Waals surface area contributed by atoms with Gasteiger partial charge in [0.25, 0.3) is 0 Å². The second kappa shape index (κ2) is 5.31. The normalized spacial score (nSPS) is 14.7. The molecule has 1 heterocycles. The minimum Gasteiger partial charge on any atom is -0.494 e. The van der Waals surface area contributed by atoms with Crippen molar-refractivity contribution in [3.05, 3.63) is 17.4 Å². The smallest absolute Gasteiger partial charge is 0.339 e. The molecule has 0 bridgehead atoms. The molecule has 1 atom stereocenters. The second-order valence-corrected chi connectivity index (χ2v) is 3.76. The summed E-state index contributed by atoms with van der Waals surface area (Å²) in [4.78, 5) is 11.4. The van der Waals surface area contributed by atoms with Crippen molar-refractivity contribution in [3.8, 4) is 17.2 Å². The molecule has 1 aliphatic heterocycles. The number of halogens is 1. The zero-order valence-corrected chi connectivity index (χ0v) is 10.4. The van der Waals surface area contributed by atoms with Crippen molar-refractivity contribution in [1.29, 1.82) is 0 Å². The van der Waals surface area contributed by atoms with Crippen LogP contribution in [-0.2, 0) is 9.53 Å². The molecule has 0 saturated heterocycles. The predicted molar refractivity (Wildman–Crippen MR) is 60.9 cm³/mol. The summed E-state index contributed by atoms with van der Waals surface area (Å²) >= 11 is 0. The molecule has 1 aromatic rings. The van der Waals surface area contributed by atoms with Gasteiger partial charge in [-0.15, -0.1) is 0 Å². The van der Waals surface area contributed by atoms with Crippen molar-refractivity contribution in [2.75, 3.05) is 27.4 Å². The second-order valence-electron chi connectivity index (χ2n) is 3.76. The first kappa shape index (κ1) is 13.4. The Balaban J connectivity index is 2.59. The fourth-order valence-electron chi connectivity index (χ4n) is 1.79. The Morgan fingerprint density at radius 2 is 2.11 bits per heavy atom. The van der Waals surface area contributed by atoms with Crippen LogP contribution in [0.25, 0.3) is 0 Å². The molecule has 1 N–H and O–H groups in total. The Labute approximate surface area is 108 Å². The van der Waals surface area contributed by atoms with Crippen LogP contribution in [0, 0.1) is 5.82 Å². The Bertz CT molecular complexity index is 501. The summed E-state index contributed by atoms with van der Waals surface area (Å²) in [6, 6.07) is 1.30. The third-order valence-electron chi connectivity index (χ3n) is 2.69. The van der Waals surface area contributed by atoms with Crippen LogP contribution in [0.3, 0.4) is 0 Å². The molecule has 0 radical (unpaired) electrons. The number of hydrogen-bond acceptors (Lipinski definition) is 6. The summed E-state index contributed by atoms with van der Waals surface area (Å²) in [5.74, 6) is -1.83. The molecule has 1 aliphatic rings. The number of ether oxygens (including phenoxy) is 4. The van der Waals surface area contributed by atoms with Crippen molar-refractivity contribution in [2.24, 2.45) is 0 Å². The van der Waals surface area contributed by atoms with E-state index in [-0.39, 0.29) is 36.0 Å². The van der Waals surface area contributed by atoms with E-state index >= 15 is 0 Å². The van der Waals surface area contributed by atoms with E-state index in [1.807, 2.05) is 0 Å². The number of carbonyl (C=O) groups is 1. The summed E-state index contributed by atoms with van der Waals surface area (Å²) in [5.41, 5.74) is -0.346. The van der Waals surface area contributed by atoms with E-state index in [4.69, 9.17) is 14.2 Å². The highest BCUT2D eigenvalue weighted by Gasteiger charge is 2.32. The number of aliphatic hydroxyl groups excluding tert-OH is 1.